The van der Waals surface area contributed by atoms with Gasteiger partial charge >= 0.3 is 0 Å². The molecule has 0 aromatic heterocycles. The van der Waals surface area contributed by atoms with Crippen molar-refractivity contribution in [2.24, 2.45) is 0 Å². The van der Waals surface area contributed by atoms with Gasteiger partial charge in [0.05, 0.1) is 12.7 Å². The lowest BCUT2D eigenvalue weighted by molar-refractivity contribution is -0.121. The van der Waals surface area contributed by atoms with Crippen molar-refractivity contribution in [1.82, 2.24) is 10.2 Å². The minimum Gasteiger partial charge on any atom is -0.395 e. The summed E-state index contributed by atoms with van der Waals surface area (Å²) in [7, 11) is 0. The van der Waals surface area contributed by atoms with Crippen molar-refractivity contribution in [3.8, 4) is 0 Å². The summed E-state index contributed by atoms with van der Waals surface area (Å²) in [5.74, 6) is 0.105. The van der Waals surface area contributed by atoms with Gasteiger partial charge in [0.25, 0.3) is 0 Å². The topological polar surface area (TPSA) is 72.8 Å². The third kappa shape index (κ3) is 21.8. The Morgan fingerprint density at radius 2 is 1.47 bits per heavy atom. The highest BCUT2D eigenvalue weighted by Crippen LogP contribution is 2.10. The molecule has 0 fully saturated rings. The number of hydrogen-bond donors (Lipinski definition) is 3. The second-order valence-electron chi connectivity index (χ2n) is 8.56. The van der Waals surface area contributed by atoms with Gasteiger partial charge in [0, 0.05) is 32.6 Å². The van der Waals surface area contributed by atoms with E-state index in [4.69, 9.17) is 5.11 Å². The Labute approximate surface area is 186 Å². The second-order valence-corrected chi connectivity index (χ2v) is 8.56. The van der Waals surface area contributed by atoms with Crippen molar-refractivity contribution in [3.05, 3.63) is 12.2 Å². The van der Waals surface area contributed by atoms with Crippen molar-refractivity contribution >= 4 is 5.91 Å². The van der Waals surface area contributed by atoms with Gasteiger partial charge in [-0.1, -0.05) is 70.4 Å². The third-order valence-corrected chi connectivity index (χ3v) is 5.35. The summed E-state index contributed by atoms with van der Waals surface area (Å²) >= 11 is 0. The Balaban J connectivity index is 3.43. The van der Waals surface area contributed by atoms with E-state index >= 15 is 0 Å². The molecule has 0 aromatic rings. The molecule has 30 heavy (non-hydrogen) atoms. The van der Waals surface area contributed by atoms with Gasteiger partial charge in [-0.05, 0) is 39.0 Å². The summed E-state index contributed by atoms with van der Waals surface area (Å²) < 4.78 is 0. The maximum Gasteiger partial charge on any atom is 0.220 e. The largest absolute Gasteiger partial charge is 0.395 e. The molecule has 0 saturated carbocycles. The number of aliphatic hydroxyl groups excluding tert-OH is 2. The van der Waals surface area contributed by atoms with E-state index in [1.807, 2.05) is 4.90 Å². The summed E-state index contributed by atoms with van der Waals surface area (Å²) in [6, 6.07) is 0. The number of carbonyl (C=O) groups excluding carboxylic acids is 1. The van der Waals surface area contributed by atoms with Crippen LogP contribution in [0.5, 0.6) is 0 Å². The second kappa shape index (κ2) is 22.8. The van der Waals surface area contributed by atoms with Gasteiger partial charge in [0.15, 0.2) is 0 Å². The van der Waals surface area contributed by atoms with E-state index in [0.29, 0.717) is 32.6 Å². The van der Waals surface area contributed by atoms with Crippen LogP contribution >= 0.6 is 0 Å². The number of hydrogen-bond acceptors (Lipinski definition) is 4. The number of unbranched alkanes of at least 4 members (excludes halogenated alkanes) is 11. The van der Waals surface area contributed by atoms with Gasteiger partial charge in [-0.2, -0.15) is 0 Å². The van der Waals surface area contributed by atoms with Crippen molar-refractivity contribution in [3.63, 3.8) is 0 Å². The fourth-order valence-electron chi connectivity index (χ4n) is 3.61. The quantitative estimate of drug-likeness (QED) is 0.171. The van der Waals surface area contributed by atoms with Crippen LogP contribution in [0.3, 0.4) is 0 Å². The van der Waals surface area contributed by atoms with Crippen LogP contribution in [0, 0.1) is 0 Å². The monoisotopic (exact) mass is 426 g/mol. The highest BCUT2D eigenvalue weighted by atomic mass is 16.3. The summed E-state index contributed by atoms with van der Waals surface area (Å²) in [5, 5.41) is 21.4. The molecule has 1 atom stereocenters. The van der Waals surface area contributed by atoms with Gasteiger partial charge in [-0.3, -0.25) is 9.69 Å². The molecule has 0 saturated heterocycles. The van der Waals surface area contributed by atoms with Crippen LogP contribution in [-0.4, -0.2) is 59.9 Å². The van der Waals surface area contributed by atoms with Crippen molar-refractivity contribution in [2.45, 2.75) is 110 Å². The average Bonchev–Trinajstić information content (AvgIpc) is 2.70. The third-order valence-electron chi connectivity index (χ3n) is 5.35. The van der Waals surface area contributed by atoms with Crippen LogP contribution in [0.4, 0.5) is 0 Å². The molecule has 5 heteroatoms. The Kier molecular flexibility index (Phi) is 22.1. The van der Waals surface area contributed by atoms with E-state index in [1.165, 1.54) is 70.6 Å². The Morgan fingerprint density at radius 1 is 0.900 bits per heavy atom. The van der Waals surface area contributed by atoms with Crippen LogP contribution in [0.15, 0.2) is 12.2 Å². The van der Waals surface area contributed by atoms with Crippen LogP contribution < -0.4 is 5.32 Å². The number of carbonyl (C=O) groups is 1. The highest BCUT2D eigenvalue weighted by molar-refractivity contribution is 5.75. The van der Waals surface area contributed by atoms with Gasteiger partial charge in [-0.25, -0.2) is 0 Å². The molecule has 0 rings (SSSR count). The van der Waals surface area contributed by atoms with E-state index in [9.17, 15) is 9.90 Å². The van der Waals surface area contributed by atoms with Gasteiger partial charge in [-0.15, -0.1) is 0 Å². The number of nitrogens with zero attached hydrogens (tertiary/aromatic N) is 1. The maximum absolute atomic E-state index is 11.9. The molecule has 178 valence electrons. The van der Waals surface area contributed by atoms with E-state index in [2.05, 4.69) is 24.4 Å². The predicted octanol–water partition coefficient (Wildman–Crippen LogP) is 4.82. The molecule has 0 aliphatic heterocycles. The Hall–Kier alpha value is -0.910. The molecule has 0 heterocycles. The van der Waals surface area contributed by atoms with Crippen LogP contribution in [0.25, 0.3) is 0 Å². The number of rotatable bonds is 22. The smallest absolute Gasteiger partial charge is 0.220 e. The first-order valence-corrected chi connectivity index (χ1v) is 12.5. The van der Waals surface area contributed by atoms with Crippen LogP contribution in [-0.2, 0) is 4.79 Å². The lowest BCUT2D eigenvalue weighted by Crippen LogP contribution is -2.39. The zero-order valence-corrected chi connectivity index (χ0v) is 19.9. The van der Waals surface area contributed by atoms with Gasteiger partial charge < -0.3 is 15.5 Å². The first-order chi connectivity index (χ1) is 14.6. The fourth-order valence-corrected chi connectivity index (χ4v) is 3.61. The molecule has 3 N–H and O–H groups in total. The van der Waals surface area contributed by atoms with Crippen molar-refractivity contribution in [1.29, 1.82) is 0 Å². The van der Waals surface area contributed by atoms with E-state index < -0.39 is 6.10 Å². The summed E-state index contributed by atoms with van der Waals surface area (Å²) in [6.45, 7) is 6.32. The zero-order valence-electron chi connectivity index (χ0n) is 19.9. The van der Waals surface area contributed by atoms with E-state index in [1.54, 1.807) is 6.92 Å². The van der Waals surface area contributed by atoms with Crippen molar-refractivity contribution in [2.75, 3.05) is 32.8 Å². The predicted molar refractivity (Wildman–Crippen MR) is 128 cm³/mol. The first-order valence-electron chi connectivity index (χ1n) is 12.5. The minimum atomic E-state index is -0.428. The number of allylic oxidation sites excluding steroid dienone is 2. The summed E-state index contributed by atoms with van der Waals surface area (Å²) in [4.78, 5) is 13.9. The van der Waals surface area contributed by atoms with Crippen molar-refractivity contribution < 1.29 is 15.0 Å². The minimum absolute atomic E-state index is 0.0651. The van der Waals surface area contributed by atoms with Crippen LogP contribution in [0.2, 0.25) is 0 Å². The normalized spacial score (nSPS) is 12.7. The molecule has 0 bridgehead atoms. The molecule has 5 nitrogen and oxygen atoms in total. The average molecular weight is 427 g/mol. The SMILES string of the molecule is CCCCCCCC/C=C\CCCCCCCC(=O)NCCN(CCO)CC(C)O. The van der Waals surface area contributed by atoms with E-state index in [-0.39, 0.29) is 12.5 Å². The number of amides is 1. The number of aliphatic hydroxyl groups is 2. The van der Waals surface area contributed by atoms with Gasteiger partial charge in [0.1, 0.15) is 0 Å². The van der Waals surface area contributed by atoms with E-state index in [0.717, 1.165) is 12.8 Å². The molecule has 1 amide bonds. The molecule has 0 aliphatic rings. The number of nitrogens with one attached hydrogen (secondary N) is 1. The lowest BCUT2D eigenvalue weighted by Gasteiger charge is -2.22. The molecule has 0 spiro atoms. The standard InChI is InChI=1S/C25H50N2O3/c1-3-4-5-6-7-8-9-10-11-12-13-14-15-16-17-18-25(30)26-19-20-27(21-22-28)23-24(2)29/h10-11,24,28-29H,3-9,12-23H2,1-2H3,(H,26,30)/b11-10-. The first kappa shape index (κ1) is 29.1. The fraction of sp³-hybridized carbons (Fsp3) is 0.880. The molecular formula is C25H50N2O3. The zero-order chi connectivity index (χ0) is 22.3. The van der Waals surface area contributed by atoms with Gasteiger partial charge in [0.2, 0.25) is 5.91 Å². The molecular weight excluding hydrogens is 376 g/mol. The Morgan fingerprint density at radius 3 is 2.03 bits per heavy atom. The molecule has 0 radical (unpaired) electrons. The lowest BCUT2D eigenvalue weighted by atomic mass is 10.1. The highest BCUT2D eigenvalue weighted by Gasteiger charge is 2.08. The summed E-state index contributed by atoms with van der Waals surface area (Å²) in [6.07, 6.45) is 21.3. The Bertz CT molecular complexity index is 400. The maximum atomic E-state index is 11.9. The molecule has 0 aliphatic carbocycles. The van der Waals surface area contributed by atoms with Crippen LogP contribution in [0.1, 0.15) is 104 Å². The summed E-state index contributed by atoms with van der Waals surface area (Å²) in [5.41, 5.74) is 0. The molecule has 0 aromatic carbocycles. The molecule has 1 unspecified atom stereocenters.